The zero-order chi connectivity index (χ0) is 16.2. The van der Waals surface area contributed by atoms with E-state index in [4.69, 9.17) is 5.73 Å². The van der Waals surface area contributed by atoms with Crippen molar-refractivity contribution in [3.63, 3.8) is 0 Å². The van der Waals surface area contributed by atoms with Crippen molar-refractivity contribution in [3.8, 4) is 0 Å². The lowest BCUT2D eigenvalue weighted by molar-refractivity contribution is -0.134. The molecule has 2 N–H and O–H groups in total. The number of halogens is 2. The van der Waals surface area contributed by atoms with E-state index in [1.54, 1.807) is 16.2 Å². The van der Waals surface area contributed by atoms with E-state index in [2.05, 4.69) is 4.98 Å². The third-order valence-electron chi connectivity index (χ3n) is 4.13. The van der Waals surface area contributed by atoms with Crippen molar-refractivity contribution in [3.05, 3.63) is 29.3 Å². The van der Waals surface area contributed by atoms with Crippen molar-refractivity contribution in [2.24, 2.45) is 5.73 Å². The van der Waals surface area contributed by atoms with Crippen molar-refractivity contribution in [2.45, 2.75) is 12.5 Å². The van der Waals surface area contributed by atoms with Crippen LogP contribution in [0.15, 0.2) is 24.3 Å². The number of nitrogens with zero attached hydrogens (tertiary/aromatic N) is 3. The smallest absolute Gasteiger partial charge is 0.240 e. The summed E-state index contributed by atoms with van der Waals surface area (Å²) < 4.78 is 13.5. The highest BCUT2D eigenvalue weighted by molar-refractivity contribution is 8.93. The Labute approximate surface area is 155 Å². The zero-order valence-corrected chi connectivity index (χ0v) is 15.9. The SMILES string of the molecule is Br.N[C@@H](Cc1nc2ccccc2s1)C(=O)N1CCN(CCF)CC1. The number of carbonyl (C=O) groups excluding carboxylic acids is 1. The summed E-state index contributed by atoms with van der Waals surface area (Å²) in [5, 5.41) is 0.892. The molecule has 1 aromatic carbocycles. The number of hydrogen-bond donors (Lipinski definition) is 1. The van der Waals surface area contributed by atoms with Crippen LogP contribution in [0.25, 0.3) is 10.2 Å². The van der Waals surface area contributed by atoms with Gasteiger partial charge in [-0.2, -0.15) is 0 Å². The molecule has 1 fully saturated rings. The zero-order valence-electron chi connectivity index (χ0n) is 13.4. The van der Waals surface area contributed by atoms with Gasteiger partial charge in [0.1, 0.15) is 6.67 Å². The lowest BCUT2D eigenvalue weighted by Gasteiger charge is -2.35. The fraction of sp³-hybridized carbons (Fsp3) is 0.500. The number of benzene rings is 1. The number of fused-ring (bicyclic) bond motifs is 1. The van der Waals surface area contributed by atoms with Crippen LogP contribution in [0.5, 0.6) is 0 Å². The first-order valence-electron chi connectivity index (χ1n) is 7.84. The monoisotopic (exact) mass is 416 g/mol. The minimum atomic E-state index is -0.566. The Morgan fingerprint density at radius 1 is 1.29 bits per heavy atom. The van der Waals surface area contributed by atoms with E-state index in [0.717, 1.165) is 15.2 Å². The predicted octanol–water partition coefficient (Wildman–Crippen LogP) is 1.86. The summed E-state index contributed by atoms with van der Waals surface area (Å²) >= 11 is 1.58. The van der Waals surface area contributed by atoms with Gasteiger partial charge in [0.25, 0.3) is 0 Å². The second-order valence-electron chi connectivity index (χ2n) is 5.74. The molecule has 2 heterocycles. The van der Waals surface area contributed by atoms with Crippen LogP contribution in [0, 0.1) is 0 Å². The molecule has 5 nitrogen and oxygen atoms in total. The van der Waals surface area contributed by atoms with Crippen LogP contribution in [0.1, 0.15) is 5.01 Å². The quantitative estimate of drug-likeness (QED) is 0.807. The maximum Gasteiger partial charge on any atom is 0.240 e. The number of aromatic nitrogens is 1. The number of rotatable bonds is 5. The first-order chi connectivity index (χ1) is 11.2. The predicted molar refractivity (Wildman–Crippen MR) is 101 cm³/mol. The summed E-state index contributed by atoms with van der Waals surface area (Å²) in [4.78, 5) is 20.8. The summed E-state index contributed by atoms with van der Waals surface area (Å²) in [6, 6.07) is 7.35. The molecule has 1 aliphatic rings. The molecular weight excluding hydrogens is 395 g/mol. The fourth-order valence-corrected chi connectivity index (χ4v) is 3.85. The Morgan fingerprint density at radius 3 is 2.67 bits per heavy atom. The molecule has 1 aliphatic heterocycles. The summed E-state index contributed by atoms with van der Waals surface area (Å²) in [6.07, 6.45) is 0.461. The highest BCUT2D eigenvalue weighted by Crippen LogP contribution is 2.22. The van der Waals surface area contributed by atoms with Gasteiger partial charge in [-0.25, -0.2) is 9.37 Å². The Kier molecular flexibility index (Phi) is 7.09. The Hall–Kier alpha value is -1.09. The van der Waals surface area contributed by atoms with Gasteiger partial charge in [0.05, 0.1) is 21.3 Å². The van der Waals surface area contributed by atoms with Crippen LogP contribution >= 0.6 is 28.3 Å². The van der Waals surface area contributed by atoms with Crippen LogP contribution in [-0.4, -0.2) is 66.1 Å². The molecule has 0 radical (unpaired) electrons. The minimum absolute atomic E-state index is 0. The second-order valence-corrected chi connectivity index (χ2v) is 6.86. The van der Waals surface area contributed by atoms with Crippen molar-refractivity contribution < 1.29 is 9.18 Å². The number of hydrogen-bond acceptors (Lipinski definition) is 5. The number of nitrogens with two attached hydrogens (primary N) is 1. The van der Waals surface area contributed by atoms with Gasteiger partial charge in [0, 0.05) is 39.1 Å². The lowest BCUT2D eigenvalue weighted by Crippen LogP contribution is -2.53. The number of para-hydroxylation sites is 1. The molecule has 1 saturated heterocycles. The van der Waals surface area contributed by atoms with Crippen LogP contribution in [-0.2, 0) is 11.2 Å². The van der Waals surface area contributed by atoms with E-state index in [0.29, 0.717) is 39.1 Å². The topological polar surface area (TPSA) is 62.5 Å². The largest absolute Gasteiger partial charge is 0.339 e. The molecular formula is C16H22BrFN4OS. The van der Waals surface area contributed by atoms with Gasteiger partial charge >= 0.3 is 0 Å². The number of amides is 1. The van der Waals surface area contributed by atoms with E-state index < -0.39 is 6.04 Å². The first kappa shape index (κ1) is 19.2. The average Bonchev–Trinajstić information content (AvgIpc) is 2.97. The second kappa shape index (κ2) is 8.84. The summed E-state index contributed by atoms with van der Waals surface area (Å²) in [5.74, 6) is -0.0378. The lowest BCUT2D eigenvalue weighted by atomic mass is 10.2. The Bertz CT molecular complexity index is 642. The molecule has 8 heteroatoms. The van der Waals surface area contributed by atoms with Crippen molar-refractivity contribution in [1.29, 1.82) is 0 Å². The van der Waals surface area contributed by atoms with Crippen LogP contribution < -0.4 is 5.73 Å². The first-order valence-corrected chi connectivity index (χ1v) is 8.66. The summed E-state index contributed by atoms with van der Waals surface area (Å²) in [5.41, 5.74) is 7.05. The number of thiazole rings is 1. The van der Waals surface area contributed by atoms with E-state index >= 15 is 0 Å². The Morgan fingerprint density at radius 2 is 2.00 bits per heavy atom. The highest BCUT2D eigenvalue weighted by atomic mass is 79.9. The van der Waals surface area contributed by atoms with Gasteiger partial charge in [-0.3, -0.25) is 9.69 Å². The van der Waals surface area contributed by atoms with Gasteiger partial charge in [-0.05, 0) is 12.1 Å². The highest BCUT2D eigenvalue weighted by Gasteiger charge is 2.25. The summed E-state index contributed by atoms with van der Waals surface area (Å²) in [6.45, 7) is 2.76. The van der Waals surface area contributed by atoms with Gasteiger partial charge in [-0.1, -0.05) is 12.1 Å². The molecule has 24 heavy (non-hydrogen) atoms. The molecule has 3 rings (SSSR count). The molecule has 0 saturated carbocycles. The van der Waals surface area contributed by atoms with Crippen LogP contribution in [0.3, 0.4) is 0 Å². The molecule has 2 aromatic rings. The average molecular weight is 417 g/mol. The molecule has 1 aromatic heterocycles. The molecule has 0 aliphatic carbocycles. The molecule has 0 spiro atoms. The van der Waals surface area contributed by atoms with E-state index in [1.807, 2.05) is 29.2 Å². The van der Waals surface area contributed by atoms with E-state index in [1.165, 1.54) is 0 Å². The number of alkyl halides is 1. The Balaban J connectivity index is 0.00000208. The molecule has 132 valence electrons. The third kappa shape index (κ3) is 4.50. The van der Waals surface area contributed by atoms with Gasteiger partial charge < -0.3 is 10.6 Å². The van der Waals surface area contributed by atoms with Crippen LogP contribution in [0.4, 0.5) is 4.39 Å². The van der Waals surface area contributed by atoms with Crippen molar-refractivity contribution in [1.82, 2.24) is 14.8 Å². The standard InChI is InChI=1S/C16H21FN4OS.BrH/c17-5-6-20-7-9-21(10-8-20)16(22)12(18)11-15-19-13-3-1-2-4-14(13)23-15;/h1-4,12H,5-11,18H2;1H/t12-;/m0./s1. The maximum absolute atomic E-state index is 12.5. The number of carbonyl (C=O) groups is 1. The normalized spacial score (nSPS) is 16.8. The molecule has 1 atom stereocenters. The van der Waals surface area contributed by atoms with Crippen LogP contribution in [0.2, 0.25) is 0 Å². The van der Waals surface area contributed by atoms with E-state index in [-0.39, 0.29) is 29.6 Å². The molecule has 0 bridgehead atoms. The van der Waals surface area contributed by atoms with Crippen molar-refractivity contribution >= 4 is 44.4 Å². The van der Waals surface area contributed by atoms with Gasteiger partial charge in [0.2, 0.25) is 5.91 Å². The fourth-order valence-electron chi connectivity index (χ4n) is 2.83. The van der Waals surface area contributed by atoms with Crippen molar-refractivity contribution in [2.75, 3.05) is 39.4 Å². The van der Waals surface area contributed by atoms with Gasteiger partial charge in [-0.15, -0.1) is 28.3 Å². The number of piperazine rings is 1. The molecule has 0 unspecified atom stereocenters. The minimum Gasteiger partial charge on any atom is -0.339 e. The van der Waals surface area contributed by atoms with E-state index in [9.17, 15) is 9.18 Å². The molecule has 1 amide bonds. The maximum atomic E-state index is 12.5. The third-order valence-corrected chi connectivity index (χ3v) is 5.19. The summed E-state index contributed by atoms with van der Waals surface area (Å²) in [7, 11) is 0. The van der Waals surface area contributed by atoms with Gasteiger partial charge in [0.15, 0.2) is 0 Å².